The third kappa shape index (κ3) is 11.9. The van der Waals surface area contributed by atoms with Crippen molar-refractivity contribution in [3.05, 3.63) is 252 Å². The molecule has 0 aliphatic heterocycles. The maximum absolute atomic E-state index is 9.20. The zero-order chi connectivity index (χ0) is 68.3. The predicted molar refractivity (Wildman–Crippen MR) is 396 cm³/mol. The van der Waals surface area contributed by atoms with E-state index in [9.17, 15) is 1.37 Å². The summed E-state index contributed by atoms with van der Waals surface area (Å²) < 4.78 is 80.6. The van der Waals surface area contributed by atoms with Crippen LogP contribution in [0, 0.1) is 39.9 Å². The molecular weight excluding hydrogens is 1150 g/mol. The van der Waals surface area contributed by atoms with Crippen LogP contribution in [-0.2, 0) is 21.1 Å². The average molecular weight is 1240 g/mol. The van der Waals surface area contributed by atoms with Gasteiger partial charge in [0.1, 0.15) is 60.0 Å². The van der Waals surface area contributed by atoms with E-state index in [0.29, 0.717) is 16.5 Å². The van der Waals surface area contributed by atoms with E-state index in [1.807, 2.05) is 76.5 Å². The van der Waals surface area contributed by atoms with Gasteiger partial charge in [-0.25, -0.2) is 18.7 Å². The highest BCUT2D eigenvalue weighted by atomic mass is 16.3. The van der Waals surface area contributed by atoms with Gasteiger partial charge < -0.3 is 13.3 Å². The Balaban J connectivity index is 0.000000144. The Labute approximate surface area is 563 Å². The summed E-state index contributed by atoms with van der Waals surface area (Å²) in [5.41, 5.74) is 20.7. The molecule has 0 unspecified atom stereocenters. The van der Waals surface area contributed by atoms with Gasteiger partial charge in [-0.05, 0) is 187 Å². The lowest BCUT2D eigenvalue weighted by atomic mass is 9.71. The molecule has 17 rings (SSSR count). The van der Waals surface area contributed by atoms with Gasteiger partial charge >= 0.3 is 0 Å². The first-order valence-electron chi connectivity index (χ1n) is 34.9. The highest BCUT2D eigenvalue weighted by molar-refractivity contribution is 6.12. The van der Waals surface area contributed by atoms with Crippen molar-refractivity contribution in [1.82, 2.24) is 4.98 Å². The first-order valence-corrected chi connectivity index (χ1v) is 31.4. The van der Waals surface area contributed by atoms with Gasteiger partial charge in [-0.3, -0.25) is 0 Å². The molecule has 1 aliphatic rings. The van der Waals surface area contributed by atoms with Gasteiger partial charge in [0.15, 0.2) is 24.2 Å². The third-order valence-corrected chi connectivity index (χ3v) is 18.9. The predicted octanol–water partition coefficient (Wildman–Crippen LogP) is 22.9. The van der Waals surface area contributed by atoms with Gasteiger partial charge in [0.05, 0.1) is 34.5 Å². The molecule has 16 aromatic rings. The number of fused-ring (bicyclic) bond motifs is 12. The third-order valence-electron chi connectivity index (χ3n) is 18.9. The number of rotatable bonds is 5. The summed E-state index contributed by atoms with van der Waals surface area (Å²) in [4.78, 5) is 4.82. The van der Waals surface area contributed by atoms with Crippen molar-refractivity contribution >= 4 is 98.4 Å². The molecule has 1 aliphatic carbocycles. The van der Waals surface area contributed by atoms with Crippen LogP contribution in [0.15, 0.2) is 232 Å². The summed E-state index contributed by atoms with van der Waals surface area (Å²) in [5.74, 6) is -0.526. The van der Waals surface area contributed by atoms with Crippen molar-refractivity contribution in [2.75, 3.05) is 0 Å². The number of para-hydroxylation sites is 1. The van der Waals surface area contributed by atoms with E-state index in [4.69, 9.17) is 26.5 Å². The smallest absolute Gasteiger partial charge is 0.216 e. The number of pyridine rings is 4. The average Bonchev–Trinajstić information content (AvgIpc) is 1.64. The van der Waals surface area contributed by atoms with E-state index in [-0.39, 0.29) is 22.3 Å². The maximum Gasteiger partial charge on any atom is 0.216 e. The number of hydrogen-bond donors (Lipinski definition) is 0. The second-order valence-electron chi connectivity index (χ2n) is 25.8. The molecule has 7 aromatic heterocycles. The second-order valence-corrected chi connectivity index (χ2v) is 25.8. The molecular formula is C87H87N4O3+3. The van der Waals surface area contributed by atoms with Crippen LogP contribution in [0.2, 0.25) is 0 Å². The standard InChI is InChI=1S/C32H34NO.C30H24NO.C22H17N2O.3CH4/c1-20-6-9-26(21(2)14-20)29-18-31-28(19-33(29)5)27-16-24-8-7-23(15-25(24)17-30(27)34-31)22-10-12-32(3,4)13-11-22;1-19-9-12-25(20(2)13-19)28-17-30-27(18-31(28)3)26-15-23-11-10-22(21-7-5-4-6-8-21)14-24(23)16-29(26)32-30;1-14-7-3-5-9-16(14)19-12-20-17(13-24(19)2)22-21(25-20)11-15-8-4-6-10-18(15)23-22;;;/h6-9,14-19,22H,10-13H2,1-5H3;4-18H,1-3H3;3-13H,1-2H3;3*1H4/q3*+1;;;/i1D3,22D;1D3;;;;. The Morgan fingerprint density at radius 1 is 0.415 bits per heavy atom. The molecule has 7 heteroatoms. The minimum Gasteiger partial charge on any atom is -0.456 e. The van der Waals surface area contributed by atoms with Crippen LogP contribution in [0.25, 0.3) is 143 Å². The molecule has 0 bridgehead atoms. The van der Waals surface area contributed by atoms with Gasteiger partial charge in [0.25, 0.3) is 0 Å². The molecule has 0 N–H and O–H groups in total. The lowest BCUT2D eigenvalue weighted by molar-refractivity contribution is -0.659. The van der Waals surface area contributed by atoms with E-state index in [2.05, 4.69) is 188 Å². The monoisotopic (exact) mass is 1240 g/mol. The Hall–Kier alpha value is -10.2. The first kappa shape index (κ1) is 55.4. The fourth-order valence-corrected chi connectivity index (χ4v) is 13.7. The minimum absolute atomic E-state index is 0. The van der Waals surface area contributed by atoms with E-state index < -0.39 is 19.6 Å². The van der Waals surface area contributed by atoms with E-state index >= 15 is 0 Å². The molecule has 0 radical (unpaired) electrons. The van der Waals surface area contributed by atoms with Gasteiger partial charge in [-0.2, -0.15) is 0 Å². The lowest BCUT2D eigenvalue weighted by Gasteiger charge is -2.34. The van der Waals surface area contributed by atoms with E-state index in [0.717, 1.165) is 164 Å². The normalized spacial score (nSPS) is 14.7. The van der Waals surface area contributed by atoms with Crippen molar-refractivity contribution in [2.45, 2.75) is 102 Å². The Kier molecular flexibility index (Phi) is 14.9. The molecule has 7 nitrogen and oxygen atoms in total. The van der Waals surface area contributed by atoms with Crippen LogP contribution >= 0.6 is 0 Å². The van der Waals surface area contributed by atoms with Crippen LogP contribution in [0.3, 0.4) is 0 Å². The number of aromatic nitrogens is 4. The molecule has 0 atom stereocenters. The first-order chi connectivity index (χ1) is 46.8. The maximum atomic E-state index is 9.20. The molecule has 1 fully saturated rings. The molecule has 0 spiro atoms. The largest absolute Gasteiger partial charge is 0.456 e. The lowest BCUT2D eigenvalue weighted by Crippen LogP contribution is -2.30. The zero-order valence-electron chi connectivity index (χ0n) is 59.6. The minimum atomic E-state index is -2.12. The summed E-state index contributed by atoms with van der Waals surface area (Å²) in [6.45, 7) is 6.41. The number of furan rings is 3. The fraction of sp³-hybridized carbons (Fsp3) is 0.218. The summed E-state index contributed by atoms with van der Waals surface area (Å²) in [5, 5.41) is 10.9. The molecule has 0 saturated heterocycles. The van der Waals surface area contributed by atoms with Crippen molar-refractivity contribution in [2.24, 2.45) is 26.6 Å². The number of hydrogen-bond acceptors (Lipinski definition) is 4. The summed E-state index contributed by atoms with van der Waals surface area (Å²) in [6, 6.07) is 67.5. The van der Waals surface area contributed by atoms with Crippen LogP contribution in [0.4, 0.5) is 0 Å². The van der Waals surface area contributed by atoms with Gasteiger partial charge in [0.2, 0.25) is 17.1 Å². The van der Waals surface area contributed by atoms with Crippen LogP contribution in [0.1, 0.15) is 111 Å². The quantitative estimate of drug-likeness (QED) is 0.161. The molecule has 7 heterocycles. The van der Waals surface area contributed by atoms with E-state index in [1.165, 1.54) is 27.6 Å². The molecule has 470 valence electrons. The zero-order valence-corrected chi connectivity index (χ0v) is 52.6. The van der Waals surface area contributed by atoms with Gasteiger partial charge in [-0.1, -0.05) is 169 Å². The Morgan fingerprint density at radius 2 is 0.894 bits per heavy atom. The number of aryl methyl sites for hydroxylation is 8. The highest BCUT2D eigenvalue weighted by Gasteiger charge is 2.28. The van der Waals surface area contributed by atoms with Gasteiger partial charge in [-0.15, -0.1) is 0 Å². The Bertz CT molecular complexity index is 5870. The van der Waals surface area contributed by atoms with Crippen LogP contribution in [-0.4, -0.2) is 4.98 Å². The van der Waals surface area contributed by atoms with Crippen molar-refractivity contribution < 1.29 is 36.5 Å². The second kappa shape index (κ2) is 25.3. The highest BCUT2D eigenvalue weighted by Crippen LogP contribution is 2.44. The molecule has 9 aromatic carbocycles. The van der Waals surface area contributed by atoms with Crippen molar-refractivity contribution in [3.63, 3.8) is 0 Å². The fourth-order valence-electron chi connectivity index (χ4n) is 13.7. The molecule has 94 heavy (non-hydrogen) atoms. The van der Waals surface area contributed by atoms with Gasteiger partial charge in [0, 0.05) is 42.4 Å². The summed E-state index contributed by atoms with van der Waals surface area (Å²) in [6.07, 6.45) is 10.2. The van der Waals surface area contributed by atoms with Crippen molar-refractivity contribution in [3.8, 4) is 44.9 Å². The van der Waals surface area contributed by atoms with E-state index in [1.54, 1.807) is 24.3 Å². The Morgan fingerprint density at radius 3 is 1.47 bits per heavy atom. The number of nitrogens with zero attached hydrogens (tertiary/aromatic N) is 4. The number of benzene rings is 9. The molecule has 1 saturated carbocycles. The molecule has 0 amide bonds. The van der Waals surface area contributed by atoms with Crippen molar-refractivity contribution in [1.29, 1.82) is 0 Å². The summed E-state index contributed by atoms with van der Waals surface area (Å²) >= 11 is 0. The van der Waals surface area contributed by atoms with Crippen LogP contribution in [0.5, 0.6) is 0 Å². The topological polar surface area (TPSA) is 64.0 Å². The summed E-state index contributed by atoms with van der Waals surface area (Å²) in [7, 11) is 6.09. The van der Waals surface area contributed by atoms with Crippen LogP contribution < -0.4 is 13.7 Å². The SMILES string of the molecule is C.C.C.Cc1ccccc1-c1cc2oc3cc4ccccc4nc3c2c[n+]1C.[2H]C([2H])([2H])c1ccc(-c2cc3oc4cc5cc(-c6ccccc6)ccc5cc4c3c[n+]2C)c(C)c1.[2H]C([2H])([2H])c1ccc(-c2cc3oc4cc5cc(C6([2H])CCC(C)(C)CC6)ccc5cc4c3c[n+]2C)c(C)c1.